The van der Waals surface area contributed by atoms with E-state index in [0.29, 0.717) is 16.8 Å². The first-order valence-electron chi connectivity index (χ1n) is 11.0. The van der Waals surface area contributed by atoms with Gasteiger partial charge in [-0.15, -0.1) is 0 Å². The standard InChI is InChI=1S/C27H23N5O3/c1-19(33)21-9-5-11-23(15-21)32(27(35)24-18-29-13-14-30-24)25(22-10-6-12-28-17-22)26(34)31-16-20-7-3-2-4-8-20/h2-15,17-18,25H,16H2,1H3,(H,31,34)/t25-/m1/s1. The number of benzene rings is 2. The zero-order valence-electron chi connectivity index (χ0n) is 19.0. The third-order valence-corrected chi connectivity index (χ3v) is 5.35. The van der Waals surface area contributed by atoms with Crippen molar-refractivity contribution in [3.8, 4) is 0 Å². The molecule has 4 rings (SSSR count). The summed E-state index contributed by atoms with van der Waals surface area (Å²) in [6.07, 6.45) is 7.34. The van der Waals surface area contributed by atoms with Crippen LogP contribution >= 0.6 is 0 Å². The van der Waals surface area contributed by atoms with Crippen LogP contribution in [0.5, 0.6) is 0 Å². The van der Waals surface area contributed by atoms with E-state index in [1.807, 2.05) is 30.3 Å². The fourth-order valence-electron chi connectivity index (χ4n) is 3.63. The molecule has 0 aliphatic rings. The Bertz CT molecular complexity index is 1310. The third kappa shape index (κ3) is 5.62. The van der Waals surface area contributed by atoms with E-state index < -0.39 is 17.9 Å². The van der Waals surface area contributed by atoms with Crippen LogP contribution in [0.15, 0.2) is 97.7 Å². The highest BCUT2D eigenvalue weighted by Crippen LogP contribution is 2.30. The minimum Gasteiger partial charge on any atom is -0.350 e. The summed E-state index contributed by atoms with van der Waals surface area (Å²) >= 11 is 0. The van der Waals surface area contributed by atoms with Gasteiger partial charge >= 0.3 is 0 Å². The van der Waals surface area contributed by atoms with Gasteiger partial charge in [0.25, 0.3) is 5.91 Å². The number of amides is 2. The van der Waals surface area contributed by atoms with E-state index >= 15 is 0 Å². The summed E-state index contributed by atoms with van der Waals surface area (Å²) in [5.41, 5.74) is 2.26. The highest BCUT2D eigenvalue weighted by molar-refractivity contribution is 6.09. The quantitative estimate of drug-likeness (QED) is 0.397. The number of carbonyl (C=O) groups excluding carboxylic acids is 3. The van der Waals surface area contributed by atoms with Crippen LogP contribution in [-0.4, -0.2) is 32.5 Å². The van der Waals surface area contributed by atoms with Gasteiger partial charge in [0, 0.05) is 48.1 Å². The first-order chi connectivity index (χ1) is 17.0. The summed E-state index contributed by atoms with van der Waals surface area (Å²) < 4.78 is 0. The normalized spacial score (nSPS) is 11.3. The van der Waals surface area contributed by atoms with E-state index in [1.165, 1.54) is 30.4 Å². The largest absolute Gasteiger partial charge is 0.350 e. The summed E-state index contributed by atoms with van der Waals surface area (Å²) in [6, 6.07) is 18.4. The number of rotatable bonds is 8. The molecule has 0 aliphatic heterocycles. The van der Waals surface area contributed by atoms with Gasteiger partial charge in [-0.2, -0.15) is 0 Å². The lowest BCUT2D eigenvalue weighted by Crippen LogP contribution is -2.44. The summed E-state index contributed by atoms with van der Waals surface area (Å²) in [7, 11) is 0. The van der Waals surface area contributed by atoms with Gasteiger partial charge in [-0.25, -0.2) is 4.98 Å². The first kappa shape index (κ1) is 23.4. The number of nitrogens with zero attached hydrogens (tertiary/aromatic N) is 4. The van der Waals surface area contributed by atoms with Gasteiger partial charge in [0.05, 0.1) is 6.20 Å². The molecule has 1 N–H and O–H groups in total. The van der Waals surface area contributed by atoms with E-state index in [-0.39, 0.29) is 18.0 Å². The molecule has 0 radical (unpaired) electrons. The molecule has 0 saturated heterocycles. The van der Waals surface area contributed by atoms with Gasteiger partial charge in [-0.05, 0) is 30.7 Å². The lowest BCUT2D eigenvalue weighted by molar-refractivity contribution is -0.122. The summed E-state index contributed by atoms with van der Waals surface area (Å²) in [4.78, 5) is 53.1. The van der Waals surface area contributed by atoms with E-state index in [1.54, 1.807) is 48.8 Å². The van der Waals surface area contributed by atoms with Crippen LogP contribution in [0.1, 0.15) is 44.9 Å². The Morgan fingerprint density at radius 1 is 0.886 bits per heavy atom. The van der Waals surface area contributed by atoms with E-state index in [4.69, 9.17) is 0 Å². The van der Waals surface area contributed by atoms with Crippen molar-refractivity contribution in [2.24, 2.45) is 0 Å². The minimum absolute atomic E-state index is 0.0606. The smallest absolute Gasteiger partial charge is 0.279 e. The fraction of sp³-hybridized carbons (Fsp3) is 0.111. The summed E-state index contributed by atoms with van der Waals surface area (Å²) in [5.74, 6) is -1.11. The molecular weight excluding hydrogens is 442 g/mol. The minimum atomic E-state index is -1.08. The van der Waals surface area contributed by atoms with Crippen LogP contribution < -0.4 is 10.2 Å². The van der Waals surface area contributed by atoms with Crippen molar-refractivity contribution in [1.29, 1.82) is 0 Å². The SMILES string of the molecule is CC(=O)c1cccc(N(C(=O)c2cnccn2)[C@@H](C(=O)NCc2ccccc2)c2cccnc2)c1. The van der Waals surface area contributed by atoms with E-state index in [9.17, 15) is 14.4 Å². The second-order valence-electron chi connectivity index (χ2n) is 7.76. The van der Waals surface area contributed by atoms with Crippen LogP contribution in [0.3, 0.4) is 0 Å². The van der Waals surface area contributed by atoms with Gasteiger partial charge in [0.15, 0.2) is 5.78 Å². The Hall–Kier alpha value is -4.72. The molecule has 8 heteroatoms. The lowest BCUT2D eigenvalue weighted by Gasteiger charge is -2.31. The molecule has 2 heterocycles. The molecule has 8 nitrogen and oxygen atoms in total. The number of pyridine rings is 1. The van der Waals surface area contributed by atoms with Crippen molar-refractivity contribution in [1.82, 2.24) is 20.3 Å². The molecule has 2 aromatic heterocycles. The molecular formula is C27H23N5O3. The average molecular weight is 466 g/mol. The molecule has 0 saturated carbocycles. The van der Waals surface area contributed by atoms with E-state index in [2.05, 4.69) is 20.3 Å². The third-order valence-electron chi connectivity index (χ3n) is 5.35. The van der Waals surface area contributed by atoms with E-state index in [0.717, 1.165) is 5.56 Å². The Morgan fingerprint density at radius 2 is 1.69 bits per heavy atom. The number of aromatic nitrogens is 3. The zero-order chi connectivity index (χ0) is 24.6. The zero-order valence-corrected chi connectivity index (χ0v) is 19.0. The topological polar surface area (TPSA) is 105 Å². The van der Waals surface area contributed by atoms with Crippen LogP contribution in [-0.2, 0) is 11.3 Å². The number of Topliss-reactive ketones (excluding diaryl/α,β-unsaturated/α-hetero) is 1. The van der Waals surface area contributed by atoms with Gasteiger partial charge < -0.3 is 5.32 Å². The monoisotopic (exact) mass is 465 g/mol. The molecule has 2 aromatic carbocycles. The van der Waals surface area contributed by atoms with Crippen molar-refractivity contribution < 1.29 is 14.4 Å². The highest BCUT2D eigenvalue weighted by Gasteiger charge is 2.34. The van der Waals surface area contributed by atoms with Crippen molar-refractivity contribution >= 4 is 23.3 Å². The van der Waals surface area contributed by atoms with Crippen LogP contribution in [0.4, 0.5) is 5.69 Å². The van der Waals surface area contributed by atoms with Crippen LogP contribution in [0.2, 0.25) is 0 Å². The molecule has 0 aliphatic carbocycles. The number of anilines is 1. The molecule has 4 aromatic rings. The number of ketones is 1. The lowest BCUT2D eigenvalue weighted by atomic mass is 10.0. The molecule has 0 unspecified atom stereocenters. The van der Waals surface area contributed by atoms with Gasteiger partial charge in [0.1, 0.15) is 11.7 Å². The van der Waals surface area contributed by atoms with Crippen molar-refractivity contribution in [3.63, 3.8) is 0 Å². The average Bonchev–Trinajstić information content (AvgIpc) is 2.91. The van der Waals surface area contributed by atoms with Gasteiger partial charge in [0.2, 0.25) is 5.91 Å². The highest BCUT2D eigenvalue weighted by atomic mass is 16.2. The molecule has 174 valence electrons. The van der Waals surface area contributed by atoms with Crippen molar-refractivity contribution in [2.45, 2.75) is 19.5 Å². The van der Waals surface area contributed by atoms with Crippen molar-refractivity contribution in [3.05, 3.63) is 120 Å². The Labute approximate surface area is 202 Å². The Balaban J connectivity index is 1.80. The second-order valence-corrected chi connectivity index (χ2v) is 7.76. The molecule has 0 fully saturated rings. The van der Waals surface area contributed by atoms with Crippen molar-refractivity contribution in [2.75, 3.05) is 4.90 Å². The predicted molar refractivity (Wildman–Crippen MR) is 131 cm³/mol. The van der Waals surface area contributed by atoms with Crippen LogP contribution in [0, 0.1) is 0 Å². The molecule has 0 bridgehead atoms. The first-order valence-corrected chi connectivity index (χ1v) is 11.0. The molecule has 1 atom stereocenters. The predicted octanol–water partition coefficient (Wildman–Crippen LogP) is 3.78. The Morgan fingerprint density at radius 3 is 2.37 bits per heavy atom. The summed E-state index contributed by atoms with van der Waals surface area (Å²) in [6.45, 7) is 1.72. The fourth-order valence-corrected chi connectivity index (χ4v) is 3.63. The molecule has 35 heavy (non-hydrogen) atoms. The van der Waals surface area contributed by atoms with Crippen LogP contribution in [0.25, 0.3) is 0 Å². The molecule has 0 spiro atoms. The number of carbonyl (C=O) groups is 3. The maximum atomic E-state index is 13.8. The van der Waals surface area contributed by atoms with Gasteiger partial charge in [-0.3, -0.25) is 29.3 Å². The number of hydrogen-bond acceptors (Lipinski definition) is 6. The maximum absolute atomic E-state index is 13.8. The number of nitrogens with one attached hydrogen (secondary N) is 1. The number of hydrogen-bond donors (Lipinski definition) is 1. The molecule has 2 amide bonds. The summed E-state index contributed by atoms with van der Waals surface area (Å²) in [5, 5.41) is 2.93. The second kappa shape index (κ2) is 10.9. The van der Waals surface area contributed by atoms with Gasteiger partial charge in [-0.1, -0.05) is 48.5 Å². The Kier molecular flexibility index (Phi) is 7.32. The maximum Gasteiger partial charge on any atom is 0.279 e.